The molecule has 1 aromatic carbocycles. The smallest absolute Gasteiger partial charge is 0.422 e. The van der Waals surface area contributed by atoms with Crippen LogP contribution in [0.2, 0.25) is 0 Å². The lowest BCUT2D eigenvalue weighted by atomic mass is 9.97. The van der Waals surface area contributed by atoms with Crippen LogP contribution in [0, 0.1) is 0 Å². The first-order chi connectivity index (χ1) is 12.7. The van der Waals surface area contributed by atoms with Gasteiger partial charge in [0.1, 0.15) is 5.56 Å². The van der Waals surface area contributed by atoms with Crippen molar-refractivity contribution in [1.82, 2.24) is 9.88 Å². The summed E-state index contributed by atoms with van der Waals surface area (Å²) < 4.78 is 41.9. The maximum absolute atomic E-state index is 12.8. The van der Waals surface area contributed by atoms with Gasteiger partial charge in [-0.1, -0.05) is 6.07 Å². The number of pyridine rings is 1. The predicted octanol–water partition coefficient (Wildman–Crippen LogP) is 2.92. The number of halogens is 3. The van der Waals surface area contributed by atoms with Crippen molar-refractivity contribution in [3.63, 3.8) is 0 Å². The number of nitrogens with zero attached hydrogens (tertiary/aromatic N) is 2. The fraction of sp³-hybridized carbons (Fsp3) is 0.278. The molecule has 1 aliphatic heterocycles. The highest BCUT2D eigenvalue weighted by Crippen LogP contribution is 2.25. The van der Waals surface area contributed by atoms with E-state index in [1.54, 1.807) is 6.07 Å². The number of carboxylic acid groups (broad SMARTS) is 1. The molecule has 9 heteroatoms. The molecule has 3 rings (SSSR count). The lowest BCUT2D eigenvalue weighted by Crippen LogP contribution is -2.36. The van der Waals surface area contributed by atoms with Crippen LogP contribution in [0.15, 0.2) is 36.5 Å². The van der Waals surface area contributed by atoms with Crippen molar-refractivity contribution >= 4 is 11.9 Å². The average Bonchev–Trinajstić information content (AvgIpc) is 2.64. The number of aromatic carboxylic acids is 1. The number of rotatable bonds is 4. The highest BCUT2D eigenvalue weighted by molar-refractivity contribution is 5.96. The van der Waals surface area contributed by atoms with Crippen molar-refractivity contribution in [2.75, 3.05) is 13.2 Å². The molecular formula is C18H15F3N2O4. The van der Waals surface area contributed by atoms with Crippen LogP contribution >= 0.6 is 0 Å². The Morgan fingerprint density at radius 2 is 2.00 bits per heavy atom. The Morgan fingerprint density at radius 1 is 1.22 bits per heavy atom. The summed E-state index contributed by atoms with van der Waals surface area (Å²) in [7, 11) is 0. The van der Waals surface area contributed by atoms with Gasteiger partial charge in [0.05, 0.1) is 5.56 Å². The van der Waals surface area contributed by atoms with E-state index in [2.05, 4.69) is 9.72 Å². The van der Waals surface area contributed by atoms with Gasteiger partial charge in [0, 0.05) is 19.3 Å². The fourth-order valence-corrected chi connectivity index (χ4v) is 2.85. The Morgan fingerprint density at radius 3 is 2.70 bits per heavy atom. The third kappa shape index (κ3) is 4.36. The van der Waals surface area contributed by atoms with Gasteiger partial charge in [0.2, 0.25) is 5.88 Å². The number of aromatic nitrogens is 1. The molecule has 1 aromatic heterocycles. The number of fused-ring (bicyclic) bond motifs is 1. The molecular weight excluding hydrogens is 365 g/mol. The van der Waals surface area contributed by atoms with Crippen molar-refractivity contribution in [3.8, 4) is 5.88 Å². The Balaban J connectivity index is 1.81. The van der Waals surface area contributed by atoms with Gasteiger partial charge in [-0.25, -0.2) is 9.78 Å². The normalized spacial score (nSPS) is 13.8. The molecule has 0 saturated heterocycles. The van der Waals surface area contributed by atoms with E-state index in [-0.39, 0.29) is 23.6 Å². The number of amides is 1. The van der Waals surface area contributed by atoms with Crippen LogP contribution in [-0.4, -0.2) is 46.2 Å². The van der Waals surface area contributed by atoms with Crippen molar-refractivity contribution in [2.24, 2.45) is 0 Å². The Labute approximate surface area is 152 Å². The van der Waals surface area contributed by atoms with Crippen molar-refractivity contribution in [1.29, 1.82) is 0 Å². The highest BCUT2D eigenvalue weighted by Gasteiger charge is 2.31. The molecule has 2 heterocycles. The molecule has 6 nitrogen and oxygen atoms in total. The van der Waals surface area contributed by atoms with Gasteiger partial charge in [-0.05, 0) is 41.8 Å². The Bertz CT molecular complexity index is 883. The molecule has 142 valence electrons. The van der Waals surface area contributed by atoms with Crippen LogP contribution in [0.4, 0.5) is 13.2 Å². The summed E-state index contributed by atoms with van der Waals surface area (Å²) in [5, 5.41) is 9.10. The second kappa shape index (κ2) is 7.26. The summed E-state index contributed by atoms with van der Waals surface area (Å²) in [5.74, 6) is -1.98. The number of ether oxygens (including phenoxy) is 1. The number of hydrogen-bond acceptors (Lipinski definition) is 4. The van der Waals surface area contributed by atoms with Crippen LogP contribution in [0.3, 0.4) is 0 Å². The van der Waals surface area contributed by atoms with Gasteiger partial charge in [-0.2, -0.15) is 13.2 Å². The third-order valence-electron chi connectivity index (χ3n) is 4.13. The van der Waals surface area contributed by atoms with E-state index >= 15 is 0 Å². The minimum Gasteiger partial charge on any atom is -0.478 e. The molecule has 1 amide bonds. The minimum absolute atomic E-state index is 0.0698. The maximum atomic E-state index is 12.8. The standard InChI is InChI=1S/C18H15F3N2O4/c19-18(20,21)10-27-15-14(2-1-6-22-15)16(24)23-7-5-11-3-4-12(17(25)26)8-13(11)9-23/h1-4,6,8H,5,7,9-10H2,(H,25,26). The zero-order chi connectivity index (χ0) is 19.6. The first kappa shape index (κ1) is 18.7. The number of carbonyl (C=O) groups excluding carboxylic acids is 1. The lowest BCUT2D eigenvalue weighted by molar-refractivity contribution is -0.154. The van der Waals surface area contributed by atoms with E-state index in [1.165, 1.54) is 35.4 Å². The minimum atomic E-state index is -4.55. The van der Waals surface area contributed by atoms with Crippen LogP contribution in [0.5, 0.6) is 5.88 Å². The van der Waals surface area contributed by atoms with Gasteiger partial charge in [-0.15, -0.1) is 0 Å². The molecule has 0 radical (unpaired) electrons. The Hall–Kier alpha value is -3.10. The van der Waals surface area contributed by atoms with E-state index in [0.717, 1.165) is 5.56 Å². The molecule has 0 bridgehead atoms. The molecule has 1 N–H and O–H groups in total. The maximum Gasteiger partial charge on any atom is 0.422 e. The van der Waals surface area contributed by atoms with E-state index in [9.17, 15) is 22.8 Å². The fourth-order valence-electron chi connectivity index (χ4n) is 2.85. The lowest BCUT2D eigenvalue weighted by Gasteiger charge is -2.29. The van der Waals surface area contributed by atoms with Crippen molar-refractivity contribution in [2.45, 2.75) is 19.1 Å². The molecule has 27 heavy (non-hydrogen) atoms. The number of carbonyl (C=O) groups is 2. The van der Waals surface area contributed by atoms with E-state index in [0.29, 0.717) is 18.5 Å². The highest BCUT2D eigenvalue weighted by atomic mass is 19.4. The summed E-state index contributed by atoms with van der Waals surface area (Å²) in [4.78, 5) is 29.1. The molecule has 0 fully saturated rings. The first-order valence-corrected chi connectivity index (χ1v) is 8.03. The van der Waals surface area contributed by atoms with Crippen LogP contribution in [0.25, 0.3) is 0 Å². The van der Waals surface area contributed by atoms with E-state index < -0.39 is 24.7 Å². The second-order valence-corrected chi connectivity index (χ2v) is 6.03. The topological polar surface area (TPSA) is 79.7 Å². The van der Waals surface area contributed by atoms with Gasteiger partial charge >= 0.3 is 12.1 Å². The predicted molar refractivity (Wildman–Crippen MR) is 87.6 cm³/mol. The summed E-state index contributed by atoms with van der Waals surface area (Å²) in [6.45, 7) is -1.04. The average molecular weight is 380 g/mol. The Kier molecular flexibility index (Phi) is 5.02. The molecule has 0 atom stereocenters. The summed E-state index contributed by atoms with van der Waals surface area (Å²) >= 11 is 0. The number of carboxylic acids is 1. The first-order valence-electron chi connectivity index (χ1n) is 8.03. The zero-order valence-electron chi connectivity index (χ0n) is 14.0. The number of benzene rings is 1. The third-order valence-corrected chi connectivity index (χ3v) is 4.13. The summed E-state index contributed by atoms with van der Waals surface area (Å²) in [6.07, 6.45) is -2.79. The summed E-state index contributed by atoms with van der Waals surface area (Å²) in [6, 6.07) is 7.51. The second-order valence-electron chi connectivity index (χ2n) is 6.03. The van der Waals surface area contributed by atoms with Crippen LogP contribution in [-0.2, 0) is 13.0 Å². The van der Waals surface area contributed by atoms with Gasteiger partial charge in [0.25, 0.3) is 5.91 Å². The van der Waals surface area contributed by atoms with Gasteiger partial charge in [-0.3, -0.25) is 4.79 Å². The van der Waals surface area contributed by atoms with Crippen molar-refractivity contribution in [3.05, 3.63) is 58.8 Å². The van der Waals surface area contributed by atoms with E-state index in [1.807, 2.05) is 0 Å². The largest absolute Gasteiger partial charge is 0.478 e. The van der Waals surface area contributed by atoms with Crippen LogP contribution < -0.4 is 4.74 Å². The molecule has 2 aromatic rings. The van der Waals surface area contributed by atoms with Gasteiger partial charge in [0.15, 0.2) is 6.61 Å². The van der Waals surface area contributed by atoms with E-state index in [4.69, 9.17) is 5.11 Å². The molecule has 0 saturated carbocycles. The SMILES string of the molecule is O=C(O)c1ccc2c(c1)CN(C(=O)c1cccnc1OCC(F)(F)F)CC2. The number of alkyl halides is 3. The van der Waals surface area contributed by atoms with Crippen LogP contribution in [0.1, 0.15) is 31.8 Å². The quantitative estimate of drug-likeness (QED) is 0.882. The van der Waals surface area contributed by atoms with Gasteiger partial charge < -0.3 is 14.7 Å². The van der Waals surface area contributed by atoms with Crippen molar-refractivity contribution < 1.29 is 32.6 Å². The molecule has 0 unspecified atom stereocenters. The monoisotopic (exact) mass is 380 g/mol. The number of hydrogen-bond donors (Lipinski definition) is 1. The zero-order valence-corrected chi connectivity index (χ0v) is 14.0. The molecule has 1 aliphatic rings. The molecule has 0 spiro atoms. The molecule has 0 aliphatic carbocycles. The summed E-state index contributed by atoms with van der Waals surface area (Å²) in [5.41, 5.74) is 1.66.